The molecule has 0 aromatic heterocycles. The smallest absolute Gasteiger partial charge is 0.267 e. The standard InChI is InChI=1S/C19H18BrN3O/c1-12-5-4-6-18(14(12)3)23-19(24)15(10-21)11-22-17-8-7-16(20)9-13(17)2/h4-9,11,22H,1-3H3,(H,23,24)/b15-11-. The number of nitrogens with zero attached hydrogens (tertiary/aromatic N) is 1. The quantitative estimate of drug-likeness (QED) is 0.586. The molecule has 0 aliphatic carbocycles. The van der Waals surface area contributed by atoms with Gasteiger partial charge >= 0.3 is 0 Å². The number of halogens is 1. The molecule has 0 aliphatic rings. The number of anilines is 2. The van der Waals surface area contributed by atoms with Crippen molar-refractivity contribution in [3.8, 4) is 6.07 Å². The van der Waals surface area contributed by atoms with Crippen LogP contribution in [0.25, 0.3) is 0 Å². The monoisotopic (exact) mass is 383 g/mol. The number of nitrogens with one attached hydrogen (secondary N) is 2. The fourth-order valence-electron chi connectivity index (χ4n) is 2.16. The van der Waals surface area contributed by atoms with Crippen molar-refractivity contribution >= 4 is 33.2 Å². The molecular weight excluding hydrogens is 366 g/mol. The summed E-state index contributed by atoms with van der Waals surface area (Å²) in [5.41, 5.74) is 4.64. The Hall–Kier alpha value is -2.58. The molecule has 2 aromatic rings. The molecule has 122 valence electrons. The van der Waals surface area contributed by atoms with Crippen molar-refractivity contribution in [3.63, 3.8) is 0 Å². The number of amides is 1. The van der Waals surface area contributed by atoms with Gasteiger partial charge in [0.1, 0.15) is 11.6 Å². The predicted molar refractivity (Wildman–Crippen MR) is 101 cm³/mol. The molecule has 24 heavy (non-hydrogen) atoms. The van der Waals surface area contributed by atoms with Crippen molar-refractivity contribution in [2.75, 3.05) is 10.6 Å². The number of carbonyl (C=O) groups excluding carboxylic acids is 1. The van der Waals surface area contributed by atoms with Crippen LogP contribution in [0.4, 0.5) is 11.4 Å². The van der Waals surface area contributed by atoms with Crippen LogP contribution in [0, 0.1) is 32.1 Å². The van der Waals surface area contributed by atoms with Gasteiger partial charge in [0.05, 0.1) is 0 Å². The molecule has 0 atom stereocenters. The molecule has 0 heterocycles. The normalized spacial score (nSPS) is 10.9. The van der Waals surface area contributed by atoms with Gasteiger partial charge in [-0.2, -0.15) is 5.26 Å². The third kappa shape index (κ3) is 4.24. The molecule has 0 bridgehead atoms. The zero-order chi connectivity index (χ0) is 17.7. The van der Waals surface area contributed by atoms with Gasteiger partial charge < -0.3 is 10.6 Å². The third-order valence-corrected chi connectivity index (χ3v) is 4.27. The van der Waals surface area contributed by atoms with E-state index in [1.165, 1.54) is 6.20 Å². The molecule has 4 nitrogen and oxygen atoms in total. The Morgan fingerprint density at radius 1 is 1.12 bits per heavy atom. The zero-order valence-electron chi connectivity index (χ0n) is 13.8. The fraction of sp³-hybridized carbons (Fsp3) is 0.158. The van der Waals surface area contributed by atoms with Crippen LogP contribution in [-0.2, 0) is 4.79 Å². The molecule has 0 saturated carbocycles. The Kier molecular flexibility index (Phi) is 5.78. The van der Waals surface area contributed by atoms with Gasteiger partial charge in [-0.05, 0) is 61.7 Å². The Balaban J connectivity index is 2.17. The molecule has 0 saturated heterocycles. The Bertz CT molecular complexity index is 850. The summed E-state index contributed by atoms with van der Waals surface area (Å²) in [6.45, 7) is 5.86. The topological polar surface area (TPSA) is 64.9 Å². The molecule has 1 amide bonds. The number of benzene rings is 2. The number of rotatable bonds is 4. The number of aryl methyl sites for hydroxylation is 2. The second-order valence-electron chi connectivity index (χ2n) is 5.47. The Labute approximate surface area is 150 Å². The van der Waals surface area contributed by atoms with E-state index < -0.39 is 5.91 Å². The van der Waals surface area contributed by atoms with E-state index in [4.69, 9.17) is 0 Å². The molecule has 0 unspecified atom stereocenters. The van der Waals surface area contributed by atoms with Crippen LogP contribution in [0.15, 0.2) is 52.6 Å². The summed E-state index contributed by atoms with van der Waals surface area (Å²) in [5, 5.41) is 15.1. The average molecular weight is 384 g/mol. The number of hydrogen-bond donors (Lipinski definition) is 2. The first-order valence-electron chi connectivity index (χ1n) is 7.43. The molecule has 0 spiro atoms. The Morgan fingerprint density at radius 3 is 2.54 bits per heavy atom. The lowest BCUT2D eigenvalue weighted by molar-refractivity contribution is -0.112. The van der Waals surface area contributed by atoms with Gasteiger partial charge in [0.25, 0.3) is 5.91 Å². The minimum absolute atomic E-state index is 0.0122. The minimum Gasteiger partial charge on any atom is -0.360 e. The molecule has 5 heteroatoms. The first kappa shape index (κ1) is 17.8. The van der Waals surface area contributed by atoms with E-state index >= 15 is 0 Å². The summed E-state index contributed by atoms with van der Waals surface area (Å²) < 4.78 is 0.975. The van der Waals surface area contributed by atoms with Gasteiger partial charge in [-0.25, -0.2) is 0 Å². The summed E-state index contributed by atoms with van der Waals surface area (Å²) >= 11 is 3.40. The van der Waals surface area contributed by atoms with Crippen molar-refractivity contribution in [3.05, 3.63) is 69.3 Å². The molecule has 2 aromatic carbocycles. The number of hydrogen-bond acceptors (Lipinski definition) is 3. The first-order chi connectivity index (χ1) is 11.4. The maximum absolute atomic E-state index is 12.3. The van der Waals surface area contributed by atoms with Crippen LogP contribution in [-0.4, -0.2) is 5.91 Å². The average Bonchev–Trinajstić information content (AvgIpc) is 2.54. The van der Waals surface area contributed by atoms with Gasteiger partial charge in [0, 0.05) is 22.0 Å². The lowest BCUT2D eigenvalue weighted by Gasteiger charge is -2.10. The lowest BCUT2D eigenvalue weighted by Crippen LogP contribution is -2.15. The molecule has 0 radical (unpaired) electrons. The summed E-state index contributed by atoms with van der Waals surface area (Å²) in [6, 6.07) is 13.3. The maximum atomic E-state index is 12.3. The molecule has 2 N–H and O–H groups in total. The van der Waals surface area contributed by atoms with Gasteiger partial charge in [-0.15, -0.1) is 0 Å². The molecule has 0 fully saturated rings. The molecular formula is C19H18BrN3O. The Morgan fingerprint density at radius 2 is 1.88 bits per heavy atom. The lowest BCUT2D eigenvalue weighted by atomic mass is 10.1. The second kappa shape index (κ2) is 7.80. The van der Waals surface area contributed by atoms with Crippen LogP contribution < -0.4 is 10.6 Å². The van der Waals surface area contributed by atoms with Crippen LogP contribution in [0.2, 0.25) is 0 Å². The van der Waals surface area contributed by atoms with E-state index in [1.807, 2.05) is 63.2 Å². The van der Waals surface area contributed by atoms with Gasteiger partial charge in [0.2, 0.25) is 0 Å². The minimum atomic E-state index is -0.437. The first-order valence-corrected chi connectivity index (χ1v) is 8.22. The molecule has 0 aliphatic heterocycles. The highest BCUT2D eigenvalue weighted by Gasteiger charge is 2.11. The largest absolute Gasteiger partial charge is 0.360 e. The zero-order valence-corrected chi connectivity index (χ0v) is 15.4. The van der Waals surface area contributed by atoms with Crippen LogP contribution in [0.5, 0.6) is 0 Å². The van der Waals surface area contributed by atoms with Crippen LogP contribution >= 0.6 is 15.9 Å². The number of carbonyl (C=O) groups is 1. The highest BCUT2D eigenvalue weighted by atomic mass is 79.9. The van der Waals surface area contributed by atoms with Crippen molar-refractivity contribution in [1.29, 1.82) is 5.26 Å². The second-order valence-corrected chi connectivity index (χ2v) is 6.39. The third-order valence-electron chi connectivity index (χ3n) is 3.78. The van der Waals surface area contributed by atoms with E-state index in [0.717, 1.165) is 26.9 Å². The van der Waals surface area contributed by atoms with Crippen molar-refractivity contribution in [2.24, 2.45) is 0 Å². The SMILES string of the molecule is Cc1cc(Br)ccc1N/C=C(/C#N)C(=O)Nc1cccc(C)c1C. The van der Waals surface area contributed by atoms with E-state index in [-0.39, 0.29) is 5.57 Å². The molecule has 2 rings (SSSR count). The van der Waals surface area contributed by atoms with Crippen LogP contribution in [0.1, 0.15) is 16.7 Å². The van der Waals surface area contributed by atoms with Crippen molar-refractivity contribution < 1.29 is 4.79 Å². The predicted octanol–water partition coefficient (Wildman–Crippen LogP) is 4.83. The van der Waals surface area contributed by atoms with E-state index in [0.29, 0.717) is 5.69 Å². The van der Waals surface area contributed by atoms with E-state index in [1.54, 1.807) is 0 Å². The summed E-state index contributed by atoms with van der Waals surface area (Å²) in [7, 11) is 0. The van der Waals surface area contributed by atoms with Crippen LogP contribution in [0.3, 0.4) is 0 Å². The van der Waals surface area contributed by atoms with Gasteiger partial charge in [-0.1, -0.05) is 28.1 Å². The summed E-state index contributed by atoms with van der Waals surface area (Å²) in [4.78, 5) is 12.3. The van der Waals surface area contributed by atoms with E-state index in [9.17, 15) is 10.1 Å². The summed E-state index contributed by atoms with van der Waals surface area (Å²) in [6.07, 6.45) is 1.43. The number of nitriles is 1. The highest BCUT2D eigenvalue weighted by Crippen LogP contribution is 2.21. The maximum Gasteiger partial charge on any atom is 0.267 e. The van der Waals surface area contributed by atoms with E-state index in [2.05, 4.69) is 26.6 Å². The van der Waals surface area contributed by atoms with Crippen molar-refractivity contribution in [1.82, 2.24) is 0 Å². The van der Waals surface area contributed by atoms with Gasteiger partial charge in [0.15, 0.2) is 0 Å². The van der Waals surface area contributed by atoms with Crippen molar-refractivity contribution in [2.45, 2.75) is 20.8 Å². The fourth-order valence-corrected chi connectivity index (χ4v) is 2.64. The van der Waals surface area contributed by atoms with Gasteiger partial charge in [-0.3, -0.25) is 4.79 Å². The summed E-state index contributed by atoms with van der Waals surface area (Å²) in [5.74, 6) is -0.437. The highest BCUT2D eigenvalue weighted by molar-refractivity contribution is 9.10.